The van der Waals surface area contributed by atoms with Gasteiger partial charge in [0.2, 0.25) is 0 Å². The van der Waals surface area contributed by atoms with Crippen molar-refractivity contribution in [2.45, 2.75) is 19.6 Å². The molecular formula is C23H21FN4O2. The molecule has 1 aliphatic heterocycles. The summed E-state index contributed by atoms with van der Waals surface area (Å²) < 4.78 is 61.4. The molecule has 0 spiro atoms. The van der Waals surface area contributed by atoms with Gasteiger partial charge in [0.25, 0.3) is 5.56 Å². The lowest BCUT2D eigenvalue weighted by Crippen LogP contribution is -2.24. The SMILES string of the molecule is [2H]C1([2H])Cc2c(c3ccc(-n4ccc(OCc5ccc(F)cn5)cc4=O)cc3n2C([2H])([2H])[2H])CN1. The number of hydrogen-bond acceptors (Lipinski definition) is 4. The number of pyridine rings is 2. The first-order valence-corrected chi connectivity index (χ1v) is 9.40. The van der Waals surface area contributed by atoms with E-state index in [1.807, 2.05) is 0 Å². The largest absolute Gasteiger partial charge is 0.487 e. The number of halogens is 1. The zero-order chi connectivity index (χ0) is 25.0. The quantitative estimate of drug-likeness (QED) is 0.563. The number of nitrogens with one attached hydrogen (secondary N) is 1. The molecule has 30 heavy (non-hydrogen) atoms. The van der Waals surface area contributed by atoms with Crippen LogP contribution in [0.4, 0.5) is 4.39 Å². The number of hydrogen-bond donors (Lipinski definition) is 1. The summed E-state index contributed by atoms with van der Waals surface area (Å²) >= 11 is 0. The van der Waals surface area contributed by atoms with Crippen LogP contribution >= 0.6 is 0 Å². The smallest absolute Gasteiger partial charge is 0.258 e. The van der Waals surface area contributed by atoms with E-state index in [-0.39, 0.29) is 25.1 Å². The van der Waals surface area contributed by atoms with E-state index < -0.39 is 19.3 Å². The summed E-state index contributed by atoms with van der Waals surface area (Å²) in [5.41, 5.74) is 2.15. The van der Waals surface area contributed by atoms with E-state index in [0.717, 1.165) is 11.8 Å². The highest BCUT2D eigenvalue weighted by Crippen LogP contribution is 2.29. The lowest BCUT2D eigenvalue weighted by atomic mass is 10.1. The van der Waals surface area contributed by atoms with Crippen molar-refractivity contribution in [2.24, 2.45) is 6.98 Å². The van der Waals surface area contributed by atoms with Crippen LogP contribution in [0.2, 0.25) is 0 Å². The van der Waals surface area contributed by atoms with Crippen LogP contribution in [0, 0.1) is 5.82 Å². The highest BCUT2D eigenvalue weighted by Gasteiger charge is 2.18. The molecule has 5 rings (SSSR count). The Hall–Kier alpha value is -3.45. The lowest BCUT2D eigenvalue weighted by Gasteiger charge is -2.14. The van der Waals surface area contributed by atoms with Gasteiger partial charge < -0.3 is 14.6 Å². The Bertz CT molecular complexity index is 1480. The lowest BCUT2D eigenvalue weighted by molar-refractivity contribution is 0.300. The molecule has 1 N–H and O–H groups in total. The molecule has 152 valence electrons. The Balaban J connectivity index is 1.50. The molecule has 0 atom stereocenters. The van der Waals surface area contributed by atoms with E-state index in [1.165, 1.54) is 33.5 Å². The first-order valence-electron chi connectivity index (χ1n) is 11.9. The van der Waals surface area contributed by atoms with E-state index >= 15 is 0 Å². The van der Waals surface area contributed by atoms with Crippen LogP contribution in [0.25, 0.3) is 16.6 Å². The molecule has 7 heteroatoms. The Morgan fingerprint density at radius 2 is 2.23 bits per heavy atom. The van der Waals surface area contributed by atoms with Crippen molar-refractivity contribution >= 4 is 10.9 Å². The summed E-state index contributed by atoms with van der Waals surface area (Å²) in [5, 5.41) is 3.50. The molecule has 3 aromatic heterocycles. The zero-order valence-corrected chi connectivity index (χ0v) is 15.9. The number of rotatable bonds is 4. The minimum absolute atomic E-state index is 0.0644. The van der Waals surface area contributed by atoms with Gasteiger partial charge in [-0.25, -0.2) is 4.39 Å². The second kappa shape index (κ2) is 7.42. The number of aromatic nitrogens is 3. The predicted octanol–water partition coefficient (Wildman–Crippen LogP) is 3.09. The van der Waals surface area contributed by atoms with Gasteiger partial charge in [-0.05, 0) is 35.9 Å². The minimum Gasteiger partial charge on any atom is -0.487 e. The monoisotopic (exact) mass is 409 g/mol. The summed E-state index contributed by atoms with van der Waals surface area (Å²) in [6.07, 6.45) is 2.53. The van der Waals surface area contributed by atoms with Gasteiger partial charge in [-0.1, -0.05) is 6.07 Å². The molecule has 4 aromatic rings. The number of aryl methyl sites for hydroxylation is 1. The van der Waals surface area contributed by atoms with Gasteiger partial charge >= 0.3 is 0 Å². The van der Waals surface area contributed by atoms with E-state index in [1.54, 1.807) is 24.3 Å². The van der Waals surface area contributed by atoms with Gasteiger partial charge in [0.1, 0.15) is 18.2 Å². The summed E-state index contributed by atoms with van der Waals surface area (Å²) in [5.74, 6) is -0.137. The van der Waals surface area contributed by atoms with Crippen molar-refractivity contribution < 1.29 is 16.0 Å². The Labute approximate surface area is 179 Å². The number of nitrogens with zero attached hydrogens (tertiary/aromatic N) is 3. The maximum Gasteiger partial charge on any atom is 0.258 e. The third kappa shape index (κ3) is 3.27. The number of ether oxygens (including phenoxy) is 1. The van der Waals surface area contributed by atoms with Crippen LogP contribution < -0.4 is 15.6 Å². The Morgan fingerprint density at radius 1 is 1.30 bits per heavy atom. The normalized spacial score (nSPS) is 18.0. The van der Waals surface area contributed by atoms with Crippen LogP contribution in [0.1, 0.15) is 23.8 Å². The molecule has 1 aliphatic rings. The molecule has 0 aliphatic carbocycles. The van der Waals surface area contributed by atoms with E-state index in [9.17, 15) is 9.18 Å². The highest BCUT2D eigenvalue weighted by molar-refractivity contribution is 5.87. The summed E-state index contributed by atoms with van der Waals surface area (Å²) in [7, 11) is 0. The fourth-order valence-electron chi connectivity index (χ4n) is 3.64. The van der Waals surface area contributed by atoms with Gasteiger partial charge in [0.15, 0.2) is 0 Å². The zero-order valence-electron chi connectivity index (χ0n) is 20.9. The van der Waals surface area contributed by atoms with Gasteiger partial charge in [-0.3, -0.25) is 14.3 Å². The predicted molar refractivity (Wildman–Crippen MR) is 112 cm³/mol. The molecule has 0 amide bonds. The van der Waals surface area contributed by atoms with Crippen LogP contribution in [0.3, 0.4) is 0 Å². The van der Waals surface area contributed by atoms with Crippen molar-refractivity contribution in [3.8, 4) is 11.4 Å². The van der Waals surface area contributed by atoms with E-state index in [4.69, 9.17) is 11.6 Å². The van der Waals surface area contributed by atoms with Crippen molar-refractivity contribution in [2.75, 3.05) is 6.50 Å². The fourth-order valence-corrected chi connectivity index (χ4v) is 3.64. The van der Waals surface area contributed by atoms with Crippen molar-refractivity contribution in [1.82, 2.24) is 19.4 Å². The number of fused-ring (bicyclic) bond motifs is 3. The molecule has 4 heterocycles. The standard InChI is InChI=1S/C23H21FN4O2/c1-27-21-6-8-25-13-20(21)19-5-4-17(10-22(19)27)28-9-7-18(11-23(28)29)30-14-16-3-2-15(24)12-26-16/h2-5,7,9-12,25H,6,8,13-14H2,1H3/i1D3,8D2. The van der Waals surface area contributed by atoms with Crippen molar-refractivity contribution in [3.63, 3.8) is 0 Å². The maximum atomic E-state index is 13.0. The maximum absolute atomic E-state index is 13.0. The first kappa shape index (κ1) is 13.7. The molecule has 0 saturated heterocycles. The topological polar surface area (TPSA) is 61.1 Å². The van der Waals surface area contributed by atoms with Crippen LogP contribution in [-0.4, -0.2) is 20.6 Å². The molecule has 0 radical (unpaired) electrons. The summed E-state index contributed by atoms with van der Waals surface area (Å²) in [6, 6.07) is 10.8. The molecule has 0 bridgehead atoms. The minimum atomic E-state index is -2.52. The first-order chi connectivity index (χ1) is 16.5. The van der Waals surface area contributed by atoms with Gasteiger partial charge in [-0.15, -0.1) is 0 Å². The van der Waals surface area contributed by atoms with Crippen molar-refractivity contribution in [3.05, 3.63) is 88.0 Å². The molecule has 1 aromatic carbocycles. The molecular weight excluding hydrogens is 383 g/mol. The second-order valence-electron chi connectivity index (χ2n) is 7.00. The fraction of sp³-hybridized carbons (Fsp3) is 0.217. The van der Waals surface area contributed by atoms with Crippen LogP contribution in [0.5, 0.6) is 5.75 Å². The summed E-state index contributed by atoms with van der Waals surface area (Å²) in [6.45, 7) is -3.97. The van der Waals surface area contributed by atoms with E-state index in [0.29, 0.717) is 33.7 Å². The Kier molecular flexibility index (Phi) is 3.39. The van der Waals surface area contributed by atoms with Gasteiger partial charge in [0, 0.05) is 56.6 Å². The summed E-state index contributed by atoms with van der Waals surface area (Å²) in [4.78, 5) is 16.7. The molecule has 0 unspecified atom stereocenters. The van der Waals surface area contributed by atoms with Gasteiger partial charge in [0.05, 0.1) is 23.1 Å². The van der Waals surface area contributed by atoms with Crippen molar-refractivity contribution in [1.29, 1.82) is 0 Å². The average Bonchev–Trinajstić information content (AvgIpc) is 3.10. The van der Waals surface area contributed by atoms with Crippen LogP contribution in [0.15, 0.2) is 59.7 Å². The third-order valence-corrected chi connectivity index (χ3v) is 5.16. The second-order valence-corrected chi connectivity index (χ2v) is 7.00. The Morgan fingerprint density at radius 3 is 3.03 bits per heavy atom. The molecule has 6 nitrogen and oxygen atoms in total. The highest BCUT2D eigenvalue weighted by atomic mass is 19.1. The van der Waals surface area contributed by atoms with E-state index in [2.05, 4.69) is 10.3 Å². The van der Waals surface area contributed by atoms with Gasteiger partial charge in [-0.2, -0.15) is 0 Å². The van der Waals surface area contributed by atoms with Crippen LogP contribution in [-0.2, 0) is 26.5 Å². The third-order valence-electron chi connectivity index (χ3n) is 5.16. The molecule has 0 fully saturated rings. The average molecular weight is 409 g/mol. The number of benzene rings is 1. The molecule has 0 saturated carbocycles.